The quantitative estimate of drug-likeness (QED) is 0.423. The van der Waals surface area contributed by atoms with Crippen molar-refractivity contribution in [3.05, 3.63) is 70.5 Å². The number of carbonyl (C=O) groups excluding carboxylic acids is 1. The van der Waals surface area contributed by atoms with Gasteiger partial charge in [-0.25, -0.2) is 14.0 Å². The van der Waals surface area contributed by atoms with Crippen molar-refractivity contribution in [1.29, 1.82) is 0 Å². The highest BCUT2D eigenvalue weighted by atomic mass is 32.2. The lowest BCUT2D eigenvalue weighted by Crippen LogP contribution is -2.35. The highest BCUT2D eigenvalue weighted by Gasteiger charge is 2.23. The predicted octanol–water partition coefficient (Wildman–Crippen LogP) is 5.17. The van der Waals surface area contributed by atoms with Crippen LogP contribution in [-0.4, -0.2) is 25.4 Å². The second kappa shape index (κ2) is 10.0. The van der Waals surface area contributed by atoms with Crippen molar-refractivity contribution < 1.29 is 18.3 Å². The van der Waals surface area contributed by atoms with Crippen molar-refractivity contribution in [3.8, 4) is 11.3 Å². The summed E-state index contributed by atoms with van der Waals surface area (Å²) in [5.74, 6) is 0. The first kappa shape index (κ1) is 22.9. The summed E-state index contributed by atoms with van der Waals surface area (Å²) in [4.78, 5) is 17.2. The van der Waals surface area contributed by atoms with Crippen molar-refractivity contribution in [1.82, 2.24) is 10.3 Å². The van der Waals surface area contributed by atoms with E-state index >= 15 is 0 Å². The van der Waals surface area contributed by atoms with Crippen LogP contribution >= 0.6 is 11.3 Å². The first-order chi connectivity index (χ1) is 14.7. The van der Waals surface area contributed by atoms with E-state index in [9.17, 15) is 9.00 Å². The van der Waals surface area contributed by atoms with Gasteiger partial charge in [-0.3, -0.25) is 9.27 Å². The van der Waals surface area contributed by atoms with Crippen molar-refractivity contribution in [2.45, 2.75) is 38.8 Å². The second-order valence-corrected chi connectivity index (χ2v) is 9.48. The van der Waals surface area contributed by atoms with Crippen LogP contribution in [-0.2, 0) is 22.4 Å². The summed E-state index contributed by atoms with van der Waals surface area (Å²) < 4.78 is 27.7. The van der Waals surface area contributed by atoms with Crippen LogP contribution in [0.1, 0.15) is 37.4 Å². The van der Waals surface area contributed by atoms with Crippen LogP contribution in [0.5, 0.6) is 0 Å². The minimum absolute atomic E-state index is 0.386. The van der Waals surface area contributed by atoms with Crippen molar-refractivity contribution in [2.75, 3.05) is 4.72 Å². The molecule has 0 aliphatic rings. The number of nitrogens with zero attached hydrogens (tertiary/aromatic N) is 1. The lowest BCUT2D eigenvalue weighted by Gasteiger charge is -2.23. The molecule has 2 aromatic carbocycles. The maximum Gasteiger partial charge on any atom is 0.408 e. The molecule has 9 heteroatoms. The molecule has 0 saturated carbocycles. The van der Waals surface area contributed by atoms with Gasteiger partial charge < -0.3 is 10.1 Å². The third kappa shape index (κ3) is 7.16. The molecule has 0 aliphatic heterocycles. The van der Waals surface area contributed by atoms with E-state index in [4.69, 9.17) is 14.3 Å². The van der Waals surface area contributed by atoms with E-state index in [0.717, 1.165) is 21.8 Å². The Morgan fingerprint density at radius 3 is 2.45 bits per heavy atom. The fourth-order valence-electron chi connectivity index (χ4n) is 2.88. The Morgan fingerprint density at radius 2 is 1.84 bits per heavy atom. The first-order valence-electron chi connectivity index (χ1n) is 9.66. The molecule has 164 valence electrons. The number of anilines is 1. The minimum atomic E-state index is -2.13. The molecule has 3 rings (SSSR count). The van der Waals surface area contributed by atoms with Gasteiger partial charge in [0.05, 0.1) is 11.7 Å². The van der Waals surface area contributed by atoms with E-state index in [1.54, 1.807) is 12.1 Å². The van der Waals surface area contributed by atoms with E-state index in [2.05, 4.69) is 10.0 Å². The number of aromatic nitrogens is 1. The standard InChI is InChI=1S/C22H25N3O4S2/c1-22(2,3)29-21(26)24-18(13-15-9-11-17(12-10-15)25-31(27)28)20-23-19(14-30-20)16-7-5-4-6-8-16/h4-12,14,18,25H,13H2,1-3H3,(H,24,26)(H,27,28)/t18-/m0/s1. The monoisotopic (exact) mass is 459 g/mol. The minimum Gasteiger partial charge on any atom is -0.444 e. The number of amides is 1. The zero-order valence-electron chi connectivity index (χ0n) is 17.5. The lowest BCUT2D eigenvalue weighted by atomic mass is 10.1. The van der Waals surface area contributed by atoms with E-state index in [1.807, 2.05) is 68.6 Å². The highest BCUT2D eigenvalue weighted by Crippen LogP contribution is 2.28. The smallest absolute Gasteiger partial charge is 0.408 e. The molecule has 1 heterocycles. The number of hydrogen-bond donors (Lipinski definition) is 3. The molecular formula is C22H25N3O4S2. The van der Waals surface area contributed by atoms with Crippen molar-refractivity contribution >= 4 is 34.4 Å². The largest absolute Gasteiger partial charge is 0.444 e. The van der Waals surface area contributed by atoms with Crippen LogP contribution < -0.4 is 10.0 Å². The van der Waals surface area contributed by atoms with Crippen LogP contribution in [0.15, 0.2) is 60.0 Å². The number of rotatable bonds is 7. The Kier molecular flexibility index (Phi) is 7.42. The number of benzene rings is 2. The van der Waals surface area contributed by atoms with Crippen LogP contribution in [0.2, 0.25) is 0 Å². The van der Waals surface area contributed by atoms with Gasteiger partial charge in [0.1, 0.15) is 10.6 Å². The van der Waals surface area contributed by atoms with Gasteiger partial charge in [-0.05, 0) is 44.9 Å². The van der Waals surface area contributed by atoms with Crippen LogP contribution in [0.4, 0.5) is 10.5 Å². The number of carbonyl (C=O) groups is 1. The Bertz CT molecular complexity index is 1030. The summed E-state index contributed by atoms with van der Waals surface area (Å²) in [7, 11) is 0. The maximum atomic E-state index is 12.5. The normalized spacial score (nSPS) is 13.3. The maximum absolute atomic E-state index is 12.5. The SMILES string of the molecule is CC(C)(C)OC(=O)N[C@@H](Cc1ccc(NS(=O)O)cc1)c1nc(-c2ccccc2)cs1. The summed E-state index contributed by atoms with van der Waals surface area (Å²) in [5.41, 5.74) is 2.71. The summed E-state index contributed by atoms with van der Waals surface area (Å²) in [6.07, 6.45) is -0.0216. The van der Waals surface area contributed by atoms with Crippen molar-refractivity contribution in [2.24, 2.45) is 0 Å². The van der Waals surface area contributed by atoms with Gasteiger partial charge in [0.15, 0.2) is 0 Å². The van der Waals surface area contributed by atoms with Gasteiger partial charge >= 0.3 is 6.09 Å². The highest BCUT2D eigenvalue weighted by molar-refractivity contribution is 7.80. The molecular weight excluding hydrogens is 434 g/mol. The topological polar surface area (TPSA) is 101 Å². The van der Waals surface area contributed by atoms with Gasteiger partial charge in [0.2, 0.25) is 0 Å². The number of hydrogen-bond acceptors (Lipinski definition) is 5. The fraction of sp³-hybridized carbons (Fsp3) is 0.273. The molecule has 0 fully saturated rings. The molecule has 0 aliphatic carbocycles. The third-order valence-electron chi connectivity index (χ3n) is 4.18. The molecule has 2 atom stereocenters. The summed E-state index contributed by atoms with van der Waals surface area (Å²) in [6.45, 7) is 5.44. The van der Waals surface area contributed by atoms with Gasteiger partial charge in [-0.15, -0.1) is 11.3 Å². The van der Waals surface area contributed by atoms with Gasteiger partial charge in [-0.2, -0.15) is 0 Å². The first-order valence-corrected chi connectivity index (χ1v) is 11.6. The molecule has 0 radical (unpaired) electrons. The lowest BCUT2D eigenvalue weighted by molar-refractivity contribution is 0.0503. The van der Waals surface area contributed by atoms with Crippen LogP contribution in [0, 0.1) is 0 Å². The number of alkyl carbamates (subject to hydrolysis) is 1. The number of ether oxygens (including phenoxy) is 1. The molecule has 1 aromatic heterocycles. The Hall–Kier alpha value is -2.75. The molecule has 1 unspecified atom stereocenters. The molecule has 31 heavy (non-hydrogen) atoms. The average Bonchev–Trinajstić information content (AvgIpc) is 3.18. The van der Waals surface area contributed by atoms with E-state index < -0.39 is 23.0 Å². The molecule has 0 bridgehead atoms. The Balaban J connectivity index is 1.82. The predicted molar refractivity (Wildman–Crippen MR) is 124 cm³/mol. The molecule has 0 spiro atoms. The number of nitrogens with one attached hydrogen (secondary N) is 2. The van der Waals surface area contributed by atoms with Gasteiger partial charge in [0.25, 0.3) is 11.3 Å². The van der Waals surface area contributed by atoms with Crippen molar-refractivity contribution in [3.63, 3.8) is 0 Å². The zero-order chi connectivity index (χ0) is 22.4. The summed E-state index contributed by atoms with van der Waals surface area (Å²) >= 11 is -0.652. The van der Waals surface area contributed by atoms with Crippen LogP contribution in [0.25, 0.3) is 11.3 Å². The molecule has 3 N–H and O–H groups in total. The number of thiazole rings is 1. The van der Waals surface area contributed by atoms with E-state index in [1.165, 1.54) is 11.3 Å². The van der Waals surface area contributed by atoms with Crippen LogP contribution in [0.3, 0.4) is 0 Å². The molecule has 1 amide bonds. The summed E-state index contributed by atoms with van der Waals surface area (Å²) in [5, 5.41) is 5.67. The Morgan fingerprint density at radius 1 is 1.16 bits per heavy atom. The summed E-state index contributed by atoms with van der Waals surface area (Å²) in [6, 6.07) is 16.6. The zero-order valence-corrected chi connectivity index (χ0v) is 19.1. The van der Waals surface area contributed by atoms with Gasteiger partial charge in [-0.1, -0.05) is 42.5 Å². The van der Waals surface area contributed by atoms with E-state index in [-0.39, 0.29) is 6.04 Å². The molecule has 7 nitrogen and oxygen atoms in total. The van der Waals surface area contributed by atoms with Gasteiger partial charge in [0, 0.05) is 16.6 Å². The Labute approximate surface area is 188 Å². The molecule has 3 aromatic rings. The fourth-order valence-corrected chi connectivity index (χ4v) is 4.10. The average molecular weight is 460 g/mol. The molecule has 0 saturated heterocycles. The van der Waals surface area contributed by atoms with E-state index in [0.29, 0.717) is 12.1 Å². The second-order valence-electron chi connectivity index (χ2n) is 7.89. The third-order valence-corrected chi connectivity index (χ3v) is 5.55.